The van der Waals surface area contributed by atoms with Gasteiger partial charge in [0.2, 0.25) is 0 Å². The molecule has 0 aliphatic carbocycles. The Morgan fingerprint density at radius 2 is 1.90 bits per heavy atom. The second kappa shape index (κ2) is 10.2. The number of para-hydroxylation sites is 1. The van der Waals surface area contributed by atoms with Crippen LogP contribution in [0.4, 0.5) is 0 Å². The van der Waals surface area contributed by atoms with Crippen molar-refractivity contribution in [3.63, 3.8) is 0 Å². The first kappa shape index (κ1) is 21.1. The van der Waals surface area contributed by atoms with Crippen LogP contribution in [-0.2, 0) is 14.3 Å². The number of carbonyl (C=O) groups excluding carboxylic acids is 2. The van der Waals surface area contributed by atoms with E-state index in [1.807, 2.05) is 61.5 Å². The van der Waals surface area contributed by atoms with Gasteiger partial charge in [-0.3, -0.25) is 14.5 Å². The summed E-state index contributed by atoms with van der Waals surface area (Å²) in [6.45, 7) is 2.54. The number of thioether (sulfide) groups is 1. The summed E-state index contributed by atoms with van der Waals surface area (Å²) in [5.41, 5.74) is 0.835. The second-order valence-corrected chi connectivity index (χ2v) is 7.97. The number of thiocarbonyl (C=S) groups is 1. The summed E-state index contributed by atoms with van der Waals surface area (Å²) in [6, 6.07) is 17.0. The molecule has 0 atom stereocenters. The largest absolute Gasteiger partial charge is 0.466 e. The molecule has 150 valence electrons. The Labute approximate surface area is 179 Å². The van der Waals surface area contributed by atoms with E-state index >= 15 is 0 Å². The molecule has 7 heteroatoms. The molecule has 1 saturated heterocycles. The lowest BCUT2D eigenvalue weighted by molar-refractivity contribution is -0.143. The number of hydrogen-bond acceptors (Lipinski definition) is 6. The molecule has 1 aliphatic heterocycles. The van der Waals surface area contributed by atoms with Crippen molar-refractivity contribution in [3.05, 3.63) is 65.1 Å². The Balaban J connectivity index is 1.66. The zero-order valence-corrected chi connectivity index (χ0v) is 17.6. The highest BCUT2D eigenvalue weighted by atomic mass is 32.2. The molecule has 0 saturated carbocycles. The molecule has 2 aromatic rings. The number of ether oxygens (including phenoxy) is 2. The van der Waals surface area contributed by atoms with Crippen LogP contribution in [0.25, 0.3) is 6.08 Å². The molecule has 29 heavy (non-hydrogen) atoms. The fourth-order valence-corrected chi connectivity index (χ4v) is 3.94. The molecule has 0 aromatic heterocycles. The van der Waals surface area contributed by atoms with Gasteiger partial charge in [-0.2, -0.15) is 0 Å². The van der Waals surface area contributed by atoms with E-state index in [0.717, 1.165) is 17.7 Å². The quantitative estimate of drug-likeness (QED) is 0.335. The van der Waals surface area contributed by atoms with Gasteiger partial charge in [-0.15, -0.1) is 0 Å². The first-order valence-electron chi connectivity index (χ1n) is 9.31. The van der Waals surface area contributed by atoms with Crippen LogP contribution in [0.3, 0.4) is 0 Å². The third-order valence-corrected chi connectivity index (χ3v) is 5.39. The van der Waals surface area contributed by atoms with Crippen LogP contribution < -0.4 is 4.74 Å². The average Bonchev–Trinajstić information content (AvgIpc) is 2.98. The summed E-state index contributed by atoms with van der Waals surface area (Å²) in [4.78, 5) is 26.4. The summed E-state index contributed by atoms with van der Waals surface area (Å²) in [5.74, 6) is 0.901. The minimum absolute atomic E-state index is 0.125. The van der Waals surface area contributed by atoms with Crippen molar-refractivity contribution in [2.45, 2.75) is 19.8 Å². The van der Waals surface area contributed by atoms with Crippen LogP contribution in [0, 0.1) is 0 Å². The molecule has 0 radical (unpaired) electrons. The van der Waals surface area contributed by atoms with E-state index in [1.165, 1.54) is 16.7 Å². The van der Waals surface area contributed by atoms with E-state index in [2.05, 4.69) is 0 Å². The van der Waals surface area contributed by atoms with Crippen molar-refractivity contribution < 1.29 is 19.1 Å². The highest BCUT2D eigenvalue weighted by molar-refractivity contribution is 8.26. The predicted molar refractivity (Wildman–Crippen MR) is 119 cm³/mol. The Kier molecular flexibility index (Phi) is 7.43. The molecule has 0 spiro atoms. The van der Waals surface area contributed by atoms with E-state index in [9.17, 15) is 9.59 Å². The van der Waals surface area contributed by atoms with Gasteiger partial charge in [-0.1, -0.05) is 61.2 Å². The number of carbonyl (C=O) groups is 2. The number of esters is 1. The minimum Gasteiger partial charge on any atom is -0.466 e. The Bertz CT molecular complexity index is 927. The maximum absolute atomic E-state index is 12.7. The fourth-order valence-electron chi connectivity index (χ4n) is 2.63. The standard InChI is InChI=1S/C22H21NO4S2/c1-2-13-26-20(24)11-12-23-21(25)19(29-22(23)28)15-16-7-6-10-18(14-16)27-17-8-4-3-5-9-17/h3-10,14-15H,2,11-13H2,1H3/b19-15+. The zero-order chi connectivity index (χ0) is 20.6. The summed E-state index contributed by atoms with van der Waals surface area (Å²) in [5, 5.41) is 0. The molecular weight excluding hydrogens is 406 g/mol. The zero-order valence-electron chi connectivity index (χ0n) is 16.0. The van der Waals surface area contributed by atoms with Gasteiger partial charge in [0.25, 0.3) is 5.91 Å². The molecule has 1 amide bonds. The van der Waals surface area contributed by atoms with Crippen LogP contribution in [0.2, 0.25) is 0 Å². The van der Waals surface area contributed by atoms with Crippen molar-refractivity contribution in [1.82, 2.24) is 4.90 Å². The first-order valence-corrected chi connectivity index (χ1v) is 10.5. The number of nitrogens with zero attached hydrogens (tertiary/aromatic N) is 1. The normalized spacial score (nSPS) is 15.1. The molecule has 5 nitrogen and oxygen atoms in total. The van der Waals surface area contributed by atoms with E-state index in [1.54, 1.807) is 6.08 Å². The molecular formula is C22H21NO4S2. The second-order valence-electron chi connectivity index (χ2n) is 6.29. The van der Waals surface area contributed by atoms with Crippen molar-refractivity contribution in [2.24, 2.45) is 0 Å². The van der Waals surface area contributed by atoms with E-state index < -0.39 is 0 Å². The molecule has 1 heterocycles. The maximum atomic E-state index is 12.7. The van der Waals surface area contributed by atoms with Crippen molar-refractivity contribution in [1.29, 1.82) is 0 Å². The topological polar surface area (TPSA) is 55.8 Å². The fraction of sp³-hybridized carbons (Fsp3) is 0.227. The Morgan fingerprint density at radius 3 is 2.66 bits per heavy atom. The minimum atomic E-state index is -0.323. The van der Waals surface area contributed by atoms with Gasteiger partial charge in [0, 0.05) is 6.54 Å². The van der Waals surface area contributed by atoms with E-state index in [0.29, 0.717) is 21.6 Å². The predicted octanol–water partition coefficient (Wildman–Crippen LogP) is 5.02. The lowest BCUT2D eigenvalue weighted by Crippen LogP contribution is -2.30. The molecule has 0 bridgehead atoms. The van der Waals surface area contributed by atoms with Crippen LogP contribution in [0.5, 0.6) is 11.5 Å². The van der Waals surface area contributed by atoms with Crippen LogP contribution >= 0.6 is 24.0 Å². The molecule has 0 unspecified atom stereocenters. The van der Waals surface area contributed by atoms with Crippen molar-refractivity contribution in [3.8, 4) is 11.5 Å². The van der Waals surface area contributed by atoms with E-state index in [-0.39, 0.29) is 24.8 Å². The monoisotopic (exact) mass is 427 g/mol. The highest BCUT2D eigenvalue weighted by Crippen LogP contribution is 2.33. The number of amides is 1. The molecule has 3 rings (SSSR count). The summed E-state index contributed by atoms with van der Waals surface area (Å²) < 4.78 is 11.3. The van der Waals surface area contributed by atoms with Crippen molar-refractivity contribution >= 4 is 46.3 Å². The number of hydrogen-bond donors (Lipinski definition) is 0. The van der Waals surface area contributed by atoms with Gasteiger partial charge in [0.15, 0.2) is 0 Å². The average molecular weight is 428 g/mol. The van der Waals surface area contributed by atoms with Crippen LogP contribution in [-0.4, -0.2) is 34.2 Å². The van der Waals surface area contributed by atoms with Crippen LogP contribution in [0.1, 0.15) is 25.3 Å². The maximum Gasteiger partial charge on any atom is 0.307 e. The summed E-state index contributed by atoms with van der Waals surface area (Å²) in [7, 11) is 0. The van der Waals surface area contributed by atoms with Gasteiger partial charge in [0.1, 0.15) is 15.8 Å². The van der Waals surface area contributed by atoms with Gasteiger partial charge < -0.3 is 9.47 Å². The lowest BCUT2D eigenvalue weighted by atomic mass is 10.2. The smallest absolute Gasteiger partial charge is 0.307 e. The summed E-state index contributed by atoms with van der Waals surface area (Å²) >= 11 is 6.55. The van der Waals surface area contributed by atoms with Gasteiger partial charge in [0.05, 0.1) is 17.9 Å². The highest BCUT2D eigenvalue weighted by Gasteiger charge is 2.32. The molecule has 0 N–H and O–H groups in total. The SMILES string of the molecule is CCCOC(=O)CCN1C(=O)/C(=C\c2cccc(Oc3ccccc3)c2)SC1=S. The Hall–Kier alpha value is -2.64. The van der Waals surface area contributed by atoms with Crippen LogP contribution in [0.15, 0.2) is 59.5 Å². The Morgan fingerprint density at radius 1 is 1.14 bits per heavy atom. The molecule has 1 fully saturated rings. The number of benzene rings is 2. The third-order valence-electron chi connectivity index (χ3n) is 4.02. The van der Waals surface area contributed by atoms with Gasteiger partial charge in [-0.05, 0) is 42.3 Å². The molecule has 2 aromatic carbocycles. The van der Waals surface area contributed by atoms with Gasteiger partial charge in [-0.25, -0.2) is 0 Å². The first-order chi connectivity index (χ1) is 14.1. The molecule has 1 aliphatic rings. The lowest BCUT2D eigenvalue weighted by Gasteiger charge is -2.13. The summed E-state index contributed by atoms with van der Waals surface area (Å²) in [6.07, 6.45) is 2.68. The number of rotatable bonds is 8. The van der Waals surface area contributed by atoms with Crippen molar-refractivity contribution in [2.75, 3.05) is 13.2 Å². The van der Waals surface area contributed by atoms with Gasteiger partial charge >= 0.3 is 5.97 Å². The van der Waals surface area contributed by atoms with E-state index in [4.69, 9.17) is 21.7 Å². The third kappa shape index (κ3) is 5.92.